The van der Waals surface area contributed by atoms with Gasteiger partial charge in [0.1, 0.15) is 5.75 Å². The molecule has 0 aliphatic carbocycles. The predicted octanol–water partition coefficient (Wildman–Crippen LogP) is 3.89. The molecule has 0 spiro atoms. The van der Waals surface area contributed by atoms with Gasteiger partial charge in [0.15, 0.2) is 0 Å². The van der Waals surface area contributed by atoms with Crippen LogP contribution in [0.25, 0.3) is 6.08 Å². The van der Waals surface area contributed by atoms with E-state index in [-0.39, 0.29) is 10.6 Å². The minimum Gasteiger partial charge on any atom is -0.494 e. The molecule has 0 atom stereocenters. The topological polar surface area (TPSA) is 52.4 Å². The number of hydrogen-bond acceptors (Lipinski definition) is 3. The average Bonchev–Trinajstić information content (AvgIpc) is 2.37. The summed E-state index contributed by atoms with van der Waals surface area (Å²) in [7, 11) is 0. The summed E-state index contributed by atoms with van der Waals surface area (Å²) in [5.41, 5.74) is 1.04. The van der Waals surface area contributed by atoms with Crippen molar-refractivity contribution in [2.24, 2.45) is 0 Å². The molecular weight excluding hydrogens is 230 g/mol. The Balaban J connectivity index is 2.67. The van der Waals surface area contributed by atoms with Crippen molar-refractivity contribution in [3.63, 3.8) is 0 Å². The van der Waals surface area contributed by atoms with Crippen molar-refractivity contribution < 1.29 is 9.66 Å². The van der Waals surface area contributed by atoms with Crippen molar-refractivity contribution >= 4 is 6.08 Å². The first-order valence-electron chi connectivity index (χ1n) is 6.25. The van der Waals surface area contributed by atoms with E-state index < -0.39 is 0 Å². The Morgan fingerprint density at radius 1 is 1.33 bits per heavy atom. The number of ether oxygens (including phenoxy) is 1. The van der Waals surface area contributed by atoms with Crippen LogP contribution in [-0.2, 0) is 0 Å². The molecule has 1 aromatic rings. The van der Waals surface area contributed by atoms with Gasteiger partial charge >= 0.3 is 0 Å². The molecule has 0 aliphatic rings. The highest BCUT2D eigenvalue weighted by molar-refractivity contribution is 5.52. The minimum absolute atomic E-state index is 0.217. The fourth-order valence-corrected chi connectivity index (χ4v) is 1.47. The third kappa shape index (κ3) is 4.57. The van der Waals surface area contributed by atoms with E-state index in [9.17, 15) is 10.1 Å². The number of benzene rings is 1. The fourth-order valence-electron chi connectivity index (χ4n) is 1.47. The van der Waals surface area contributed by atoms with Crippen molar-refractivity contribution in [2.45, 2.75) is 33.1 Å². The number of unbranched alkanes of at least 4 members (excludes halogenated alkanes) is 1. The molecule has 0 heterocycles. The van der Waals surface area contributed by atoms with Crippen molar-refractivity contribution in [1.82, 2.24) is 0 Å². The minimum atomic E-state index is -0.342. The molecule has 4 nitrogen and oxygen atoms in total. The smallest absolute Gasteiger partial charge is 0.246 e. The van der Waals surface area contributed by atoms with Crippen molar-refractivity contribution in [2.75, 3.05) is 6.61 Å². The van der Waals surface area contributed by atoms with Gasteiger partial charge in [-0.05, 0) is 24.1 Å². The van der Waals surface area contributed by atoms with Crippen LogP contribution in [0.5, 0.6) is 5.75 Å². The zero-order valence-corrected chi connectivity index (χ0v) is 10.9. The third-order valence-corrected chi connectivity index (χ3v) is 2.58. The lowest BCUT2D eigenvalue weighted by Crippen LogP contribution is -1.97. The molecule has 0 amide bonds. The summed E-state index contributed by atoms with van der Waals surface area (Å²) in [5.74, 6) is 0.805. The molecule has 1 rings (SSSR count). The number of nitrogens with zero attached hydrogens (tertiary/aromatic N) is 1. The van der Waals surface area contributed by atoms with Gasteiger partial charge in [0.2, 0.25) is 5.70 Å². The summed E-state index contributed by atoms with van der Waals surface area (Å²) in [6.07, 6.45) is 4.14. The van der Waals surface area contributed by atoms with Gasteiger partial charge in [-0.1, -0.05) is 32.4 Å². The van der Waals surface area contributed by atoms with Crippen molar-refractivity contribution in [1.29, 1.82) is 0 Å². The molecule has 0 unspecified atom stereocenters. The highest BCUT2D eigenvalue weighted by Crippen LogP contribution is 2.16. The average molecular weight is 249 g/mol. The monoisotopic (exact) mass is 249 g/mol. The lowest BCUT2D eigenvalue weighted by atomic mass is 10.1. The first kappa shape index (κ1) is 14.2. The van der Waals surface area contributed by atoms with E-state index in [2.05, 4.69) is 6.92 Å². The normalized spacial score (nSPS) is 11.3. The Morgan fingerprint density at radius 3 is 2.50 bits per heavy atom. The Labute approximate surface area is 107 Å². The van der Waals surface area contributed by atoms with Gasteiger partial charge in [-0.2, -0.15) is 0 Å². The molecule has 98 valence electrons. The number of hydrogen-bond donors (Lipinski definition) is 0. The van der Waals surface area contributed by atoms with E-state index >= 15 is 0 Å². The van der Waals surface area contributed by atoms with Crippen LogP contribution in [0.4, 0.5) is 0 Å². The molecule has 0 saturated heterocycles. The zero-order valence-electron chi connectivity index (χ0n) is 10.9. The van der Waals surface area contributed by atoms with Crippen LogP contribution >= 0.6 is 0 Å². The summed E-state index contributed by atoms with van der Waals surface area (Å²) in [4.78, 5) is 10.3. The van der Waals surface area contributed by atoms with Crippen molar-refractivity contribution in [3.8, 4) is 5.75 Å². The third-order valence-electron chi connectivity index (χ3n) is 2.58. The van der Waals surface area contributed by atoms with Gasteiger partial charge in [0.05, 0.1) is 11.5 Å². The van der Waals surface area contributed by atoms with Gasteiger partial charge in [0, 0.05) is 12.5 Å². The standard InChI is InChI=1S/C14H19NO3/c1-3-5-10-18-14-8-6-12(7-9-14)11-13(4-2)15(16)17/h6-9,11H,3-5,10H2,1-2H3. The molecule has 0 saturated carbocycles. The Bertz CT molecular complexity index is 410. The number of nitro groups is 1. The van der Waals surface area contributed by atoms with E-state index in [0.29, 0.717) is 13.0 Å². The van der Waals surface area contributed by atoms with E-state index in [1.165, 1.54) is 0 Å². The summed E-state index contributed by atoms with van der Waals surface area (Å²) < 4.78 is 5.53. The second-order valence-electron chi connectivity index (χ2n) is 4.02. The molecule has 0 aliphatic heterocycles. The highest BCUT2D eigenvalue weighted by Gasteiger charge is 2.06. The van der Waals surface area contributed by atoms with Crippen LogP contribution < -0.4 is 4.74 Å². The van der Waals surface area contributed by atoms with Crippen LogP contribution in [0.1, 0.15) is 38.7 Å². The molecule has 0 N–H and O–H groups in total. The Kier molecular flexibility index (Phi) is 5.91. The van der Waals surface area contributed by atoms with E-state index in [1.54, 1.807) is 13.0 Å². The van der Waals surface area contributed by atoms with Gasteiger partial charge in [-0.15, -0.1) is 0 Å². The predicted molar refractivity (Wildman–Crippen MR) is 72.1 cm³/mol. The number of allylic oxidation sites excluding steroid dienone is 1. The molecular formula is C14H19NO3. The maximum absolute atomic E-state index is 10.7. The van der Waals surface area contributed by atoms with Crippen molar-refractivity contribution in [3.05, 3.63) is 45.6 Å². The summed E-state index contributed by atoms with van der Waals surface area (Å²) in [6.45, 7) is 4.60. The molecule has 0 fully saturated rings. The summed E-state index contributed by atoms with van der Waals surface area (Å²) >= 11 is 0. The first-order valence-corrected chi connectivity index (χ1v) is 6.25. The van der Waals surface area contributed by atoms with E-state index in [4.69, 9.17) is 4.74 Å². The highest BCUT2D eigenvalue weighted by atomic mass is 16.6. The van der Waals surface area contributed by atoms with Gasteiger partial charge in [-0.3, -0.25) is 10.1 Å². The molecule has 4 heteroatoms. The van der Waals surface area contributed by atoms with Gasteiger partial charge in [0.25, 0.3) is 0 Å². The van der Waals surface area contributed by atoms with E-state index in [1.807, 2.05) is 24.3 Å². The largest absolute Gasteiger partial charge is 0.494 e. The molecule has 18 heavy (non-hydrogen) atoms. The summed E-state index contributed by atoms with van der Waals surface area (Å²) in [6, 6.07) is 7.35. The summed E-state index contributed by atoms with van der Waals surface area (Å²) in [5, 5.41) is 10.7. The lowest BCUT2D eigenvalue weighted by molar-refractivity contribution is -0.425. The maximum atomic E-state index is 10.7. The van der Waals surface area contributed by atoms with Crippen LogP contribution in [-0.4, -0.2) is 11.5 Å². The molecule has 0 aromatic heterocycles. The number of rotatable bonds is 7. The molecule has 0 radical (unpaired) electrons. The van der Waals surface area contributed by atoms with E-state index in [0.717, 1.165) is 24.2 Å². The van der Waals surface area contributed by atoms with Crippen LogP contribution in [0, 0.1) is 10.1 Å². The molecule has 0 bridgehead atoms. The lowest BCUT2D eigenvalue weighted by Gasteiger charge is -2.05. The van der Waals surface area contributed by atoms with Crippen LogP contribution in [0.2, 0.25) is 0 Å². The van der Waals surface area contributed by atoms with Gasteiger partial charge < -0.3 is 4.74 Å². The van der Waals surface area contributed by atoms with Crippen LogP contribution in [0.3, 0.4) is 0 Å². The quantitative estimate of drug-likeness (QED) is 0.418. The van der Waals surface area contributed by atoms with Crippen LogP contribution in [0.15, 0.2) is 30.0 Å². The fraction of sp³-hybridized carbons (Fsp3) is 0.429. The van der Waals surface area contributed by atoms with Gasteiger partial charge in [-0.25, -0.2) is 0 Å². The molecule has 1 aromatic carbocycles. The zero-order chi connectivity index (χ0) is 13.4. The first-order chi connectivity index (χ1) is 8.67. The maximum Gasteiger partial charge on any atom is 0.246 e. The second-order valence-corrected chi connectivity index (χ2v) is 4.02. The SMILES string of the molecule is CCCCOc1ccc(C=C(CC)[N+](=O)[O-])cc1. The Hall–Kier alpha value is -1.84. The Morgan fingerprint density at radius 2 is 2.00 bits per heavy atom. The second kappa shape index (κ2) is 7.48.